The summed E-state index contributed by atoms with van der Waals surface area (Å²) in [4.78, 5) is 15.5. The third kappa shape index (κ3) is 3.18. The van der Waals surface area contributed by atoms with E-state index in [-0.39, 0.29) is 5.95 Å². The summed E-state index contributed by atoms with van der Waals surface area (Å²) in [5.74, 6) is 0.913. The number of nitrogens with zero attached hydrogens (tertiary/aromatic N) is 3. The van der Waals surface area contributed by atoms with Crippen LogP contribution < -0.4 is 16.2 Å². The molecule has 27 heavy (non-hydrogen) atoms. The smallest absolute Gasteiger partial charge is 0.220 e. The third-order valence-corrected chi connectivity index (χ3v) is 4.31. The first kappa shape index (κ1) is 16.9. The lowest BCUT2D eigenvalue weighted by atomic mass is 10.1. The number of methoxy groups -OCH3 is 1. The number of nitrogens with two attached hydrogens (primary N) is 2. The van der Waals surface area contributed by atoms with E-state index in [1.807, 2.05) is 24.3 Å². The first-order valence-corrected chi connectivity index (χ1v) is 8.23. The highest BCUT2D eigenvalue weighted by molar-refractivity contribution is 5.81. The van der Waals surface area contributed by atoms with Gasteiger partial charge in [-0.25, -0.2) is 19.3 Å². The van der Waals surface area contributed by atoms with Gasteiger partial charge in [0.15, 0.2) is 0 Å². The molecule has 0 aliphatic rings. The van der Waals surface area contributed by atoms with Crippen LogP contribution in [0.1, 0.15) is 17.4 Å². The Bertz CT molecular complexity index is 1110. The number of rotatable bonds is 4. The molecule has 0 spiro atoms. The van der Waals surface area contributed by atoms with Crippen LogP contribution in [0.15, 0.2) is 48.7 Å². The average Bonchev–Trinajstić information content (AvgIpc) is 3.09. The van der Waals surface area contributed by atoms with Crippen molar-refractivity contribution in [1.82, 2.24) is 19.9 Å². The summed E-state index contributed by atoms with van der Waals surface area (Å²) in [6.07, 6.45) is 1.49. The van der Waals surface area contributed by atoms with Crippen molar-refractivity contribution in [2.45, 2.75) is 6.04 Å². The Morgan fingerprint density at radius 2 is 1.89 bits per heavy atom. The largest absolute Gasteiger partial charge is 0.497 e. The highest BCUT2D eigenvalue weighted by Gasteiger charge is 2.16. The summed E-state index contributed by atoms with van der Waals surface area (Å²) in [5, 5.41) is 0. The second kappa shape index (κ2) is 6.65. The molecule has 4 rings (SSSR count). The van der Waals surface area contributed by atoms with Crippen LogP contribution in [-0.4, -0.2) is 27.0 Å². The zero-order valence-corrected chi connectivity index (χ0v) is 14.5. The summed E-state index contributed by atoms with van der Waals surface area (Å²) in [6, 6.07) is 11.5. The molecule has 136 valence electrons. The number of hydrogen-bond donors (Lipinski definition) is 3. The number of fused-ring (bicyclic) bond motifs is 1. The van der Waals surface area contributed by atoms with Crippen LogP contribution in [0.3, 0.4) is 0 Å². The molecule has 0 amide bonds. The molecule has 0 bridgehead atoms. The van der Waals surface area contributed by atoms with E-state index in [2.05, 4.69) is 19.9 Å². The van der Waals surface area contributed by atoms with E-state index >= 15 is 0 Å². The molecule has 0 saturated carbocycles. The van der Waals surface area contributed by atoms with E-state index in [1.165, 1.54) is 12.3 Å². The minimum Gasteiger partial charge on any atom is -0.497 e. The number of ether oxygens (including phenoxy) is 1. The number of anilines is 1. The summed E-state index contributed by atoms with van der Waals surface area (Å²) in [7, 11) is 1.60. The quantitative estimate of drug-likeness (QED) is 0.513. The van der Waals surface area contributed by atoms with Gasteiger partial charge >= 0.3 is 0 Å². The molecule has 2 aromatic heterocycles. The summed E-state index contributed by atoms with van der Waals surface area (Å²) >= 11 is 0. The lowest BCUT2D eigenvalue weighted by molar-refractivity contribution is 0.414. The molecular formula is C19H17FN6O. The number of aromatic nitrogens is 4. The van der Waals surface area contributed by atoms with Gasteiger partial charge in [-0.3, -0.25) is 0 Å². The molecule has 5 N–H and O–H groups in total. The zero-order chi connectivity index (χ0) is 19.0. The molecule has 0 aliphatic heterocycles. The number of benzene rings is 2. The van der Waals surface area contributed by atoms with Crippen molar-refractivity contribution in [2.24, 2.45) is 5.73 Å². The molecule has 1 unspecified atom stereocenters. The SMILES string of the molecule is COc1ccc(C(N)c2nc3cc(F)c(-c4ccnc(N)n4)cc3[nH]2)cc1. The number of H-pyrrole nitrogens is 1. The standard InChI is InChI=1S/C19H17FN6O/c1-27-11-4-2-10(3-5-11)17(21)18-24-15-8-12(13(20)9-16(15)25-18)14-6-7-23-19(22)26-14/h2-9,17H,21H2,1H3,(H,24,25)(H2,22,23,26). The maximum absolute atomic E-state index is 14.6. The molecule has 2 aromatic carbocycles. The minimum atomic E-state index is -0.482. The molecule has 7 nitrogen and oxygen atoms in total. The Morgan fingerprint density at radius 1 is 1.11 bits per heavy atom. The first-order chi connectivity index (χ1) is 13.0. The number of halogens is 1. The first-order valence-electron chi connectivity index (χ1n) is 8.23. The average molecular weight is 364 g/mol. The zero-order valence-electron chi connectivity index (χ0n) is 14.5. The van der Waals surface area contributed by atoms with Crippen molar-refractivity contribution in [1.29, 1.82) is 0 Å². The van der Waals surface area contributed by atoms with Crippen LogP contribution in [0.4, 0.5) is 10.3 Å². The van der Waals surface area contributed by atoms with Gasteiger partial charge in [0.25, 0.3) is 0 Å². The number of imidazole rings is 1. The van der Waals surface area contributed by atoms with E-state index in [1.54, 1.807) is 19.2 Å². The summed E-state index contributed by atoms with van der Waals surface area (Å²) in [6.45, 7) is 0. The topological polar surface area (TPSA) is 116 Å². The van der Waals surface area contributed by atoms with Crippen LogP contribution in [0.25, 0.3) is 22.3 Å². The van der Waals surface area contributed by atoms with Crippen molar-refractivity contribution >= 4 is 17.0 Å². The van der Waals surface area contributed by atoms with E-state index in [0.29, 0.717) is 28.1 Å². The maximum Gasteiger partial charge on any atom is 0.220 e. The van der Waals surface area contributed by atoms with Crippen molar-refractivity contribution < 1.29 is 9.13 Å². The molecular weight excluding hydrogens is 347 g/mol. The van der Waals surface area contributed by atoms with Gasteiger partial charge in [-0.1, -0.05) is 12.1 Å². The summed E-state index contributed by atoms with van der Waals surface area (Å²) in [5.41, 5.74) is 14.6. The van der Waals surface area contributed by atoms with Gasteiger partial charge in [0.05, 0.1) is 29.9 Å². The molecule has 0 fully saturated rings. The Hall–Kier alpha value is -3.52. The molecule has 0 saturated heterocycles. The van der Waals surface area contributed by atoms with Gasteiger partial charge in [0, 0.05) is 17.8 Å². The third-order valence-electron chi connectivity index (χ3n) is 4.31. The molecule has 8 heteroatoms. The monoisotopic (exact) mass is 364 g/mol. The van der Waals surface area contributed by atoms with Gasteiger partial charge < -0.3 is 21.2 Å². The fraction of sp³-hybridized carbons (Fsp3) is 0.105. The van der Waals surface area contributed by atoms with E-state index in [4.69, 9.17) is 16.2 Å². The van der Waals surface area contributed by atoms with Gasteiger partial charge in [0.1, 0.15) is 17.4 Å². The van der Waals surface area contributed by atoms with Crippen LogP contribution >= 0.6 is 0 Å². The van der Waals surface area contributed by atoms with Crippen LogP contribution in [0.2, 0.25) is 0 Å². The van der Waals surface area contributed by atoms with Gasteiger partial charge in [-0.15, -0.1) is 0 Å². The predicted molar refractivity (Wildman–Crippen MR) is 101 cm³/mol. The Balaban J connectivity index is 1.73. The molecule has 0 aliphatic carbocycles. The van der Waals surface area contributed by atoms with E-state index in [9.17, 15) is 4.39 Å². The fourth-order valence-corrected chi connectivity index (χ4v) is 2.89. The Morgan fingerprint density at radius 3 is 2.59 bits per heavy atom. The second-order valence-electron chi connectivity index (χ2n) is 6.02. The highest BCUT2D eigenvalue weighted by Crippen LogP contribution is 2.28. The number of nitrogen functional groups attached to an aromatic ring is 1. The molecule has 1 atom stereocenters. The van der Waals surface area contributed by atoms with Crippen molar-refractivity contribution in [3.8, 4) is 17.0 Å². The normalized spacial score (nSPS) is 12.3. The van der Waals surface area contributed by atoms with Crippen LogP contribution in [0.5, 0.6) is 5.75 Å². The van der Waals surface area contributed by atoms with E-state index in [0.717, 1.165) is 11.3 Å². The fourth-order valence-electron chi connectivity index (χ4n) is 2.89. The number of hydrogen-bond acceptors (Lipinski definition) is 6. The van der Waals surface area contributed by atoms with Crippen LogP contribution in [0, 0.1) is 5.82 Å². The number of aromatic amines is 1. The lowest BCUT2D eigenvalue weighted by Gasteiger charge is -2.09. The number of nitrogens with one attached hydrogen (secondary N) is 1. The van der Waals surface area contributed by atoms with E-state index < -0.39 is 11.9 Å². The van der Waals surface area contributed by atoms with Gasteiger partial charge in [-0.05, 0) is 29.8 Å². The molecule has 2 heterocycles. The Kier molecular flexibility index (Phi) is 4.17. The minimum absolute atomic E-state index is 0.0822. The van der Waals surface area contributed by atoms with Gasteiger partial charge in [-0.2, -0.15) is 0 Å². The predicted octanol–water partition coefficient (Wildman–Crippen LogP) is 2.80. The molecule has 4 aromatic rings. The second-order valence-corrected chi connectivity index (χ2v) is 6.02. The van der Waals surface area contributed by atoms with Crippen molar-refractivity contribution in [3.05, 3.63) is 65.9 Å². The highest BCUT2D eigenvalue weighted by atomic mass is 19.1. The van der Waals surface area contributed by atoms with Gasteiger partial charge in [0.2, 0.25) is 5.95 Å². The van der Waals surface area contributed by atoms with Crippen molar-refractivity contribution in [3.63, 3.8) is 0 Å². The molecule has 0 radical (unpaired) electrons. The lowest BCUT2D eigenvalue weighted by Crippen LogP contribution is -2.13. The van der Waals surface area contributed by atoms with Crippen LogP contribution in [-0.2, 0) is 0 Å². The van der Waals surface area contributed by atoms with Crippen molar-refractivity contribution in [2.75, 3.05) is 12.8 Å². The maximum atomic E-state index is 14.6. The summed E-state index contributed by atoms with van der Waals surface area (Å²) < 4.78 is 19.7. The Labute approximate surface area is 154 Å².